The Morgan fingerprint density at radius 1 is 1.08 bits per heavy atom. The molecule has 0 aliphatic rings. The van der Waals surface area contributed by atoms with Crippen LogP contribution >= 0.6 is 23.4 Å². The highest BCUT2D eigenvalue weighted by Gasteiger charge is 2.13. The lowest BCUT2D eigenvalue weighted by atomic mass is 10.1. The van der Waals surface area contributed by atoms with Gasteiger partial charge in [-0.3, -0.25) is 5.10 Å². The summed E-state index contributed by atoms with van der Waals surface area (Å²) in [5.41, 5.74) is 2.16. The molecular formula is C17H10ClFN4S. The second kappa shape index (κ2) is 6.22. The molecule has 2 aromatic carbocycles. The Morgan fingerprint density at radius 3 is 2.79 bits per heavy atom. The number of hydrogen-bond donors (Lipinski definition) is 1. The molecule has 0 unspecified atom stereocenters. The number of H-pyrrole nitrogens is 1. The molecule has 24 heavy (non-hydrogen) atoms. The molecule has 0 amide bonds. The van der Waals surface area contributed by atoms with Gasteiger partial charge in [0.05, 0.1) is 11.1 Å². The van der Waals surface area contributed by atoms with E-state index in [9.17, 15) is 4.39 Å². The van der Waals surface area contributed by atoms with Gasteiger partial charge in [0.1, 0.15) is 5.82 Å². The van der Waals surface area contributed by atoms with E-state index in [-0.39, 0.29) is 5.82 Å². The summed E-state index contributed by atoms with van der Waals surface area (Å²) in [5.74, 6) is -0.290. The molecule has 4 aromatic rings. The number of nitrogens with one attached hydrogen (secondary N) is 1. The Labute approximate surface area is 146 Å². The lowest BCUT2D eigenvalue weighted by Gasteiger charge is -2.02. The van der Waals surface area contributed by atoms with Crippen molar-refractivity contribution < 1.29 is 4.39 Å². The number of fused-ring (bicyclic) bond motifs is 1. The van der Waals surface area contributed by atoms with Crippen molar-refractivity contribution >= 4 is 34.4 Å². The summed E-state index contributed by atoms with van der Waals surface area (Å²) in [6.07, 6.45) is 1.70. The van der Waals surface area contributed by atoms with Gasteiger partial charge in [-0.25, -0.2) is 14.4 Å². The smallest absolute Gasteiger partial charge is 0.194 e. The zero-order valence-corrected chi connectivity index (χ0v) is 13.8. The predicted octanol–water partition coefficient (Wildman–Crippen LogP) is 4.96. The van der Waals surface area contributed by atoms with E-state index in [2.05, 4.69) is 20.2 Å². The zero-order chi connectivity index (χ0) is 16.5. The van der Waals surface area contributed by atoms with Gasteiger partial charge in [-0.1, -0.05) is 35.9 Å². The SMILES string of the molecule is Fc1cccc(Sc2ncc3c(-c4ccccc4Cl)[nH]nc3n2)c1. The fourth-order valence-corrected chi connectivity index (χ4v) is 3.34. The molecule has 7 heteroatoms. The Kier molecular flexibility index (Phi) is 3.92. The summed E-state index contributed by atoms with van der Waals surface area (Å²) < 4.78 is 13.3. The fourth-order valence-electron chi connectivity index (χ4n) is 2.34. The molecule has 1 N–H and O–H groups in total. The van der Waals surface area contributed by atoms with E-state index in [0.29, 0.717) is 15.8 Å². The number of aromatic nitrogens is 4. The lowest BCUT2D eigenvalue weighted by molar-refractivity contribution is 0.624. The van der Waals surface area contributed by atoms with E-state index in [0.717, 1.165) is 21.5 Å². The first-order valence-corrected chi connectivity index (χ1v) is 8.29. The van der Waals surface area contributed by atoms with E-state index >= 15 is 0 Å². The molecule has 4 rings (SSSR count). The number of halogens is 2. The number of nitrogens with zero attached hydrogens (tertiary/aromatic N) is 3. The minimum absolute atomic E-state index is 0.290. The molecule has 0 aliphatic carbocycles. The monoisotopic (exact) mass is 356 g/mol. The molecule has 118 valence electrons. The van der Waals surface area contributed by atoms with Gasteiger partial charge in [-0.2, -0.15) is 5.10 Å². The van der Waals surface area contributed by atoms with Crippen LogP contribution in [0.5, 0.6) is 0 Å². The topological polar surface area (TPSA) is 54.5 Å². The number of aromatic amines is 1. The molecule has 0 saturated heterocycles. The first kappa shape index (κ1) is 15.1. The maximum Gasteiger partial charge on any atom is 0.194 e. The Morgan fingerprint density at radius 2 is 1.96 bits per heavy atom. The Hall–Kier alpha value is -2.44. The van der Waals surface area contributed by atoms with Gasteiger partial charge in [-0.05, 0) is 36.0 Å². The number of benzene rings is 2. The molecule has 0 atom stereocenters. The van der Waals surface area contributed by atoms with Crippen molar-refractivity contribution in [2.45, 2.75) is 10.1 Å². The molecule has 0 saturated carbocycles. The van der Waals surface area contributed by atoms with Gasteiger partial charge >= 0.3 is 0 Å². The van der Waals surface area contributed by atoms with E-state index in [4.69, 9.17) is 11.6 Å². The zero-order valence-electron chi connectivity index (χ0n) is 12.2. The summed E-state index contributed by atoms with van der Waals surface area (Å²) in [6.45, 7) is 0. The lowest BCUT2D eigenvalue weighted by Crippen LogP contribution is -1.87. The van der Waals surface area contributed by atoms with Crippen LogP contribution in [0.1, 0.15) is 0 Å². The van der Waals surface area contributed by atoms with Crippen molar-refractivity contribution in [3.05, 3.63) is 65.6 Å². The molecule has 0 radical (unpaired) electrons. The van der Waals surface area contributed by atoms with Gasteiger partial charge < -0.3 is 0 Å². The second-order valence-electron chi connectivity index (χ2n) is 5.03. The Bertz CT molecular complexity index is 1030. The van der Waals surface area contributed by atoms with Crippen LogP contribution in [-0.2, 0) is 0 Å². The van der Waals surface area contributed by atoms with Crippen LogP contribution in [0.3, 0.4) is 0 Å². The summed E-state index contributed by atoms with van der Waals surface area (Å²) in [6, 6.07) is 13.8. The molecular weight excluding hydrogens is 347 g/mol. The molecule has 2 aromatic heterocycles. The average molecular weight is 357 g/mol. The summed E-state index contributed by atoms with van der Waals surface area (Å²) in [4.78, 5) is 9.50. The van der Waals surface area contributed by atoms with Crippen molar-refractivity contribution in [3.8, 4) is 11.3 Å². The quantitative estimate of drug-likeness (QED) is 0.527. The highest BCUT2D eigenvalue weighted by Crippen LogP contribution is 2.32. The second-order valence-corrected chi connectivity index (χ2v) is 6.48. The third kappa shape index (κ3) is 2.86. The van der Waals surface area contributed by atoms with Gasteiger partial charge in [-0.15, -0.1) is 0 Å². The minimum atomic E-state index is -0.290. The first-order valence-electron chi connectivity index (χ1n) is 7.10. The van der Waals surface area contributed by atoms with Crippen molar-refractivity contribution in [2.24, 2.45) is 0 Å². The van der Waals surface area contributed by atoms with Crippen LogP contribution in [0, 0.1) is 5.82 Å². The first-order chi connectivity index (χ1) is 11.7. The molecule has 2 heterocycles. The van der Waals surface area contributed by atoms with Crippen molar-refractivity contribution in [1.29, 1.82) is 0 Å². The maximum absolute atomic E-state index is 13.3. The molecule has 4 nitrogen and oxygen atoms in total. The fraction of sp³-hybridized carbons (Fsp3) is 0. The molecule has 0 aliphatic heterocycles. The third-order valence-electron chi connectivity index (χ3n) is 3.44. The van der Waals surface area contributed by atoms with Crippen LogP contribution < -0.4 is 0 Å². The number of rotatable bonds is 3. The van der Waals surface area contributed by atoms with Crippen LogP contribution in [0.4, 0.5) is 4.39 Å². The highest BCUT2D eigenvalue weighted by atomic mass is 35.5. The van der Waals surface area contributed by atoms with E-state index in [1.54, 1.807) is 18.3 Å². The third-order valence-corrected chi connectivity index (χ3v) is 4.64. The normalized spacial score (nSPS) is 11.1. The van der Waals surface area contributed by atoms with Crippen LogP contribution in [0.15, 0.2) is 64.8 Å². The van der Waals surface area contributed by atoms with Crippen molar-refractivity contribution in [1.82, 2.24) is 20.2 Å². The van der Waals surface area contributed by atoms with Gasteiger partial charge in [0, 0.05) is 21.7 Å². The molecule has 0 bridgehead atoms. The van der Waals surface area contributed by atoms with Crippen molar-refractivity contribution in [2.75, 3.05) is 0 Å². The van der Waals surface area contributed by atoms with Gasteiger partial charge in [0.2, 0.25) is 0 Å². The van der Waals surface area contributed by atoms with E-state index in [1.165, 1.54) is 23.9 Å². The summed E-state index contributed by atoms with van der Waals surface area (Å²) in [5, 5.41) is 9.11. The summed E-state index contributed by atoms with van der Waals surface area (Å²) >= 11 is 7.52. The average Bonchev–Trinajstić information content (AvgIpc) is 2.98. The van der Waals surface area contributed by atoms with E-state index in [1.807, 2.05) is 24.3 Å². The molecule has 0 fully saturated rings. The Balaban J connectivity index is 1.72. The van der Waals surface area contributed by atoms with Crippen LogP contribution in [0.2, 0.25) is 5.02 Å². The predicted molar refractivity (Wildman–Crippen MR) is 92.7 cm³/mol. The van der Waals surface area contributed by atoms with Crippen molar-refractivity contribution in [3.63, 3.8) is 0 Å². The van der Waals surface area contributed by atoms with Gasteiger partial charge in [0.15, 0.2) is 10.8 Å². The van der Waals surface area contributed by atoms with E-state index < -0.39 is 0 Å². The molecule has 0 spiro atoms. The highest BCUT2D eigenvalue weighted by molar-refractivity contribution is 7.99. The van der Waals surface area contributed by atoms with Gasteiger partial charge in [0.25, 0.3) is 0 Å². The minimum Gasteiger partial charge on any atom is -0.275 e. The largest absolute Gasteiger partial charge is 0.275 e. The summed E-state index contributed by atoms with van der Waals surface area (Å²) in [7, 11) is 0. The maximum atomic E-state index is 13.3. The number of hydrogen-bond acceptors (Lipinski definition) is 4. The van der Waals surface area contributed by atoms with Crippen LogP contribution in [-0.4, -0.2) is 20.2 Å². The van der Waals surface area contributed by atoms with Crippen LogP contribution in [0.25, 0.3) is 22.3 Å². The standard InChI is InChI=1S/C17H10ClFN4S/c18-14-7-2-1-6-12(14)15-13-9-20-17(21-16(13)23-22-15)24-11-5-3-4-10(19)8-11/h1-9H,(H,20,21,22,23).